The molecule has 0 amide bonds. The molecular weight excluding hydrogens is 476 g/mol. The molecule has 1 rings (SSSR count). The van der Waals surface area contributed by atoms with Crippen molar-refractivity contribution in [2.24, 2.45) is 17.8 Å². The third-order valence-electron chi connectivity index (χ3n) is 6.32. The highest BCUT2D eigenvalue weighted by molar-refractivity contribution is 8.77. The van der Waals surface area contributed by atoms with E-state index in [0.717, 1.165) is 0 Å². The fraction of sp³-hybridized carbons (Fsp3) is 0.833. The van der Waals surface area contributed by atoms with Gasteiger partial charge in [-0.1, -0.05) is 35.4 Å². The summed E-state index contributed by atoms with van der Waals surface area (Å²) in [5, 5.41) is 24.8. The highest BCUT2D eigenvalue weighted by Crippen LogP contribution is 2.44. The van der Waals surface area contributed by atoms with E-state index in [-0.39, 0.29) is 53.9 Å². The quantitative estimate of drug-likeness (QED) is 0.224. The molecule has 0 aromatic rings. The third kappa shape index (κ3) is 10.5. The van der Waals surface area contributed by atoms with Crippen LogP contribution in [0.5, 0.6) is 0 Å². The Bertz CT molecular complexity index is 688. The molecule has 0 saturated carbocycles. The molecule has 10 heteroatoms. The zero-order valence-corrected chi connectivity index (χ0v) is 22.7. The Morgan fingerprint density at radius 3 is 2.38 bits per heavy atom. The van der Waals surface area contributed by atoms with Crippen molar-refractivity contribution in [3.63, 3.8) is 0 Å². The number of aliphatic hydroxyl groups is 2. The van der Waals surface area contributed by atoms with Crippen molar-refractivity contribution in [3.8, 4) is 0 Å². The highest BCUT2D eigenvalue weighted by Gasteiger charge is 2.38. The Balaban J connectivity index is 2.84. The topological polar surface area (TPSA) is 133 Å². The van der Waals surface area contributed by atoms with E-state index < -0.39 is 29.2 Å². The van der Waals surface area contributed by atoms with Gasteiger partial charge in [-0.25, -0.2) is 0 Å². The van der Waals surface area contributed by atoms with E-state index in [9.17, 15) is 29.4 Å². The van der Waals surface area contributed by atoms with Crippen LogP contribution in [0.25, 0.3) is 0 Å². The first-order valence-electron chi connectivity index (χ1n) is 12.1. The molecule has 34 heavy (non-hydrogen) atoms. The second-order valence-corrected chi connectivity index (χ2v) is 12.2. The van der Waals surface area contributed by atoms with Crippen molar-refractivity contribution in [1.29, 1.82) is 0 Å². The molecule has 4 N–H and O–H groups in total. The maximum Gasteiger partial charge on any atom is 0.149 e. The molecule has 0 aromatic carbocycles. The lowest BCUT2D eigenvalue weighted by Crippen LogP contribution is -2.40. The number of hydrogen-bond acceptors (Lipinski definition) is 10. The highest BCUT2D eigenvalue weighted by atomic mass is 33.1. The zero-order chi connectivity index (χ0) is 25.8. The van der Waals surface area contributed by atoms with Crippen molar-refractivity contribution in [2.75, 3.05) is 26.7 Å². The minimum atomic E-state index is -0.747. The van der Waals surface area contributed by atoms with Crippen LogP contribution in [0.2, 0.25) is 0 Å². The Hall–Kier alpha value is -0.780. The minimum Gasteiger partial charge on any atom is -0.396 e. The maximum atomic E-state index is 13.4. The number of aliphatic hydroxyl groups excluding tert-OH is 2. The van der Waals surface area contributed by atoms with E-state index in [4.69, 9.17) is 0 Å². The van der Waals surface area contributed by atoms with Crippen LogP contribution in [0.3, 0.4) is 0 Å². The van der Waals surface area contributed by atoms with Gasteiger partial charge in [-0.05, 0) is 53.1 Å². The minimum absolute atomic E-state index is 0.0213. The number of Topliss-reactive ketones (excluding diaryl/α,β-unsaturated/α-hetero) is 4. The van der Waals surface area contributed by atoms with E-state index in [2.05, 4.69) is 10.6 Å². The standard InChI is InChI=1S/C24H42N2O6S2/c1-14(2)23(31)21-10-17(24(32)22(34-33-21)11-18(13-27)15(3)28)6-7-19(30)12-26-20(16(4)29)8-9-25-5/h14-15,17-18,20-22,25-28H,6-13H2,1-5H3/t15-,17-,18-,20+,21?,22?/m1/s1. The van der Waals surface area contributed by atoms with Crippen LogP contribution in [0, 0.1) is 17.8 Å². The molecule has 6 atom stereocenters. The predicted octanol–water partition coefficient (Wildman–Crippen LogP) is 1.80. The van der Waals surface area contributed by atoms with Crippen LogP contribution < -0.4 is 10.6 Å². The first kappa shape index (κ1) is 31.3. The van der Waals surface area contributed by atoms with Crippen LogP contribution in [0.4, 0.5) is 0 Å². The summed E-state index contributed by atoms with van der Waals surface area (Å²) in [7, 11) is 4.56. The monoisotopic (exact) mass is 518 g/mol. The van der Waals surface area contributed by atoms with Crippen LogP contribution in [-0.4, -0.2) is 82.7 Å². The van der Waals surface area contributed by atoms with Gasteiger partial charge in [0.05, 0.1) is 29.2 Å². The number of carbonyl (C=O) groups excluding carboxylic acids is 4. The number of hydrogen-bond donors (Lipinski definition) is 4. The van der Waals surface area contributed by atoms with Gasteiger partial charge in [0.2, 0.25) is 0 Å². The van der Waals surface area contributed by atoms with Gasteiger partial charge in [0.1, 0.15) is 23.1 Å². The smallest absolute Gasteiger partial charge is 0.149 e. The molecule has 0 spiro atoms. The van der Waals surface area contributed by atoms with Gasteiger partial charge in [0.25, 0.3) is 0 Å². The Labute approximate surface area is 211 Å². The number of carbonyl (C=O) groups is 4. The molecule has 2 unspecified atom stereocenters. The van der Waals surface area contributed by atoms with Gasteiger partial charge in [-0.15, -0.1) is 0 Å². The molecule has 1 fully saturated rings. The van der Waals surface area contributed by atoms with Crippen LogP contribution >= 0.6 is 21.6 Å². The van der Waals surface area contributed by atoms with E-state index in [1.807, 2.05) is 13.8 Å². The maximum absolute atomic E-state index is 13.4. The lowest BCUT2D eigenvalue weighted by atomic mass is 9.85. The Morgan fingerprint density at radius 1 is 1.18 bits per heavy atom. The van der Waals surface area contributed by atoms with Crippen molar-refractivity contribution in [2.45, 2.75) is 82.4 Å². The summed E-state index contributed by atoms with van der Waals surface area (Å²) < 4.78 is 0. The molecule has 1 aliphatic heterocycles. The summed E-state index contributed by atoms with van der Waals surface area (Å²) in [6.07, 6.45) is 1.09. The van der Waals surface area contributed by atoms with Crippen molar-refractivity contribution >= 4 is 44.7 Å². The largest absolute Gasteiger partial charge is 0.396 e. The molecule has 0 aliphatic carbocycles. The van der Waals surface area contributed by atoms with Gasteiger partial charge in [-0.3, -0.25) is 19.2 Å². The fourth-order valence-corrected chi connectivity index (χ4v) is 7.31. The zero-order valence-electron chi connectivity index (χ0n) is 21.0. The molecule has 8 nitrogen and oxygen atoms in total. The number of rotatable bonds is 16. The average Bonchev–Trinajstić information content (AvgIpc) is 2.93. The summed E-state index contributed by atoms with van der Waals surface area (Å²) in [6.45, 7) is 7.28. The van der Waals surface area contributed by atoms with Gasteiger partial charge in [0.15, 0.2) is 0 Å². The second-order valence-electron chi connectivity index (χ2n) is 9.49. The summed E-state index contributed by atoms with van der Waals surface area (Å²) in [5.74, 6) is -1.05. The predicted molar refractivity (Wildman–Crippen MR) is 138 cm³/mol. The van der Waals surface area contributed by atoms with Crippen LogP contribution in [-0.2, 0) is 19.2 Å². The van der Waals surface area contributed by atoms with E-state index in [0.29, 0.717) is 32.2 Å². The summed E-state index contributed by atoms with van der Waals surface area (Å²) in [4.78, 5) is 50.4. The molecular formula is C24H42N2O6S2. The molecule has 0 bridgehead atoms. The SMILES string of the molecule is CNCC[C@H](NCC(=O)CC[C@@H]1CC(C(=O)C(C)C)SSC(C[C@H](CO)[C@@H](C)O)C1=O)C(C)=O. The summed E-state index contributed by atoms with van der Waals surface area (Å²) in [6, 6.07) is -0.392. The second kappa shape index (κ2) is 16.1. The van der Waals surface area contributed by atoms with Crippen molar-refractivity contribution in [1.82, 2.24) is 10.6 Å². The molecule has 1 aliphatic rings. The lowest BCUT2D eigenvalue weighted by Gasteiger charge is -2.23. The summed E-state index contributed by atoms with van der Waals surface area (Å²) in [5.41, 5.74) is 0. The van der Waals surface area contributed by atoms with E-state index >= 15 is 0 Å². The number of nitrogens with one attached hydrogen (secondary N) is 2. The Kier molecular flexibility index (Phi) is 14.8. The van der Waals surface area contributed by atoms with Crippen molar-refractivity contribution < 1.29 is 29.4 Å². The first-order chi connectivity index (χ1) is 16.0. The third-order valence-corrected chi connectivity index (χ3v) is 9.47. The van der Waals surface area contributed by atoms with Crippen LogP contribution in [0.1, 0.15) is 59.8 Å². The van der Waals surface area contributed by atoms with E-state index in [1.54, 1.807) is 14.0 Å². The first-order valence-corrected chi connectivity index (χ1v) is 14.4. The van der Waals surface area contributed by atoms with E-state index in [1.165, 1.54) is 28.5 Å². The molecule has 1 heterocycles. The summed E-state index contributed by atoms with van der Waals surface area (Å²) >= 11 is 0. The molecule has 0 aromatic heterocycles. The van der Waals surface area contributed by atoms with Gasteiger partial charge in [-0.2, -0.15) is 0 Å². The van der Waals surface area contributed by atoms with Gasteiger partial charge < -0.3 is 20.8 Å². The average molecular weight is 519 g/mol. The normalized spacial score (nSPS) is 23.9. The van der Waals surface area contributed by atoms with Crippen LogP contribution in [0.15, 0.2) is 0 Å². The fourth-order valence-electron chi connectivity index (χ4n) is 3.91. The Morgan fingerprint density at radius 2 is 1.85 bits per heavy atom. The van der Waals surface area contributed by atoms with Crippen molar-refractivity contribution in [3.05, 3.63) is 0 Å². The number of ketones is 4. The molecule has 196 valence electrons. The van der Waals surface area contributed by atoms with Gasteiger partial charge >= 0.3 is 0 Å². The molecule has 1 saturated heterocycles. The lowest BCUT2D eigenvalue weighted by molar-refractivity contribution is -0.124. The van der Waals surface area contributed by atoms with Gasteiger partial charge in [0, 0.05) is 30.8 Å². The molecule has 0 radical (unpaired) electrons.